The normalized spacial score (nSPS) is 13.1. The van der Waals surface area contributed by atoms with Crippen LogP contribution in [0.5, 0.6) is 5.75 Å². The maximum atomic E-state index is 11.3. The van der Waals surface area contributed by atoms with Crippen molar-refractivity contribution in [2.75, 3.05) is 13.7 Å². The molecule has 0 aliphatic heterocycles. The Bertz CT molecular complexity index is 430. The summed E-state index contributed by atoms with van der Waals surface area (Å²) >= 11 is 0. The van der Waals surface area contributed by atoms with E-state index in [1.807, 2.05) is 38.1 Å². The molecule has 3 N–H and O–H groups in total. The topological polar surface area (TPSA) is 64.3 Å². The first-order valence-corrected chi connectivity index (χ1v) is 6.58. The molecule has 0 saturated heterocycles. The Morgan fingerprint density at radius 3 is 2.58 bits per heavy atom. The van der Waals surface area contributed by atoms with Gasteiger partial charge in [0.1, 0.15) is 5.75 Å². The highest BCUT2D eigenvalue weighted by atomic mass is 16.5. The summed E-state index contributed by atoms with van der Waals surface area (Å²) in [5.74, 6) is 0.564. The average molecular weight is 264 g/mol. The third-order valence-corrected chi connectivity index (χ3v) is 3.38. The summed E-state index contributed by atoms with van der Waals surface area (Å²) < 4.78 is 5.38. The molecule has 1 atom stereocenters. The van der Waals surface area contributed by atoms with Crippen molar-refractivity contribution in [3.63, 3.8) is 0 Å². The number of amides is 1. The van der Waals surface area contributed by atoms with Crippen molar-refractivity contribution < 1.29 is 9.53 Å². The van der Waals surface area contributed by atoms with Crippen LogP contribution in [0, 0.1) is 5.41 Å². The number of hydrogen-bond acceptors (Lipinski definition) is 3. The summed E-state index contributed by atoms with van der Waals surface area (Å²) in [4.78, 5) is 11.3. The first kappa shape index (κ1) is 15.5. The van der Waals surface area contributed by atoms with Crippen molar-refractivity contribution in [1.82, 2.24) is 5.32 Å². The highest BCUT2D eigenvalue weighted by Crippen LogP contribution is 2.27. The van der Waals surface area contributed by atoms with Crippen LogP contribution in [0.15, 0.2) is 24.3 Å². The maximum Gasteiger partial charge on any atom is 0.224 e. The molecule has 1 unspecified atom stereocenters. The SMILES string of the molecule is CCC(NCC(C)(C)C(N)=O)c1ccccc1OC. The summed E-state index contributed by atoms with van der Waals surface area (Å²) in [6.07, 6.45) is 0.912. The number of para-hydroxylation sites is 1. The largest absolute Gasteiger partial charge is 0.496 e. The molecule has 0 aliphatic rings. The zero-order valence-corrected chi connectivity index (χ0v) is 12.2. The van der Waals surface area contributed by atoms with Gasteiger partial charge in [-0.2, -0.15) is 0 Å². The molecule has 106 valence electrons. The lowest BCUT2D eigenvalue weighted by Crippen LogP contribution is -2.41. The van der Waals surface area contributed by atoms with Gasteiger partial charge in [-0.25, -0.2) is 0 Å². The predicted molar refractivity (Wildman–Crippen MR) is 77.0 cm³/mol. The second-order valence-electron chi connectivity index (χ2n) is 5.33. The van der Waals surface area contributed by atoms with E-state index in [1.165, 1.54) is 0 Å². The minimum absolute atomic E-state index is 0.148. The minimum atomic E-state index is -0.560. The van der Waals surface area contributed by atoms with Gasteiger partial charge in [-0.15, -0.1) is 0 Å². The molecule has 4 nitrogen and oxygen atoms in total. The van der Waals surface area contributed by atoms with Gasteiger partial charge in [-0.1, -0.05) is 25.1 Å². The molecule has 0 saturated carbocycles. The zero-order chi connectivity index (χ0) is 14.5. The number of nitrogens with one attached hydrogen (secondary N) is 1. The van der Waals surface area contributed by atoms with Gasteiger partial charge < -0.3 is 15.8 Å². The van der Waals surface area contributed by atoms with Crippen LogP contribution in [0.25, 0.3) is 0 Å². The van der Waals surface area contributed by atoms with Gasteiger partial charge in [0.05, 0.1) is 12.5 Å². The molecule has 0 aliphatic carbocycles. The van der Waals surface area contributed by atoms with Gasteiger partial charge in [-0.05, 0) is 26.3 Å². The van der Waals surface area contributed by atoms with Crippen molar-refractivity contribution in [1.29, 1.82) is 0 Å². The lowest BCUT2D eigenvalue weighted by molar-refractivity contribution is -0.125. The molecule has 1 aromatic rings. The molecule has 0 bridgehead atoms. The molecule has 0 spiro atoms. The molecule has 0 fully saturated rings. The lowest BCUT2D eigenvalue weighted by Gasteiger charge is -2.26. The Kier molecular flexibility index (Phi) is 5.36. The van der Waals surface area contributed by atoms with Gasteiger partial charge in [0.15, 0.2) is 0 Å². The van der Waals surface area contributed by atoms with E-state index in [9.17, 15) is 4.79 Å². The molecule has 19 heavy (non-hydrogen) atoms. The summed E-state index contributed by atoms with van der Waals surface area (Å²) in [6.45, 7) is 6.33. The fourth-order valence-corrected chi connectivity index (χ4v) is 1.89. The fraction of sp³-hybridized carbons (Fsp3) is 0.533. The van der Waals surface area contributed by atoms with Crippen molar-refractivity contribution in [2.24, 2.45) is 11.1 Å². The summed E-state index contributed by atoms with van der Waals surface area (Å²) in [5, 5.41) is 3.40. The van der Waals surface area contributed by atoms with Crippen LogP contribution in [-0.4, -0.2) is 19.6 Å². The minimum Gasteiger partial charge on any atom is -0.496 e. The van der Waals surface area contributed by atoms with Crippen LogP contribution in [0.4, 0.5) is 0 Å². The quantitative estimate of drug-likeness (QED) is 0.794. The van der Waals surface area contributed by atoms with Gasteiger partial charge in [-0.3, -0.25) is 4.79 Å². The van der Waals surface area contributed by atoms with E-state index in [4.69, 9.17) is 10.5 Å². The number of primary amides is 1. The number of ether oxygens (including phenoxy) is 1. The molecule has 4 heteroatoms. The van der Waals surface area contributed by atoms with Gasteiger partial charge >= 0.3 is 0 Å². The molecular weight excluding hydrogens is 240 g/mol. The average Bonchev–Trinajstić information content (AvgIpc) is 2.39. The molecular formula is C15H24N2O2. The lowest BCUT2D eigenvalue weighted by atomic mass is 9.91. The molecule has 1 amide bonds. The van der Waals surface area contributed by atoms with E-state index in [1.54, 1.807) is 7.11 Å². The maximum absolute atomic E-state index is 11.3. The van der Waals surface area contributed by atoms with E-state index in [0.29, 0.717) is 6.54 Å². The molecule has 1 rings (SSSR count). The van der Waals surface area contributed by atoms with E-state index in [0.717, 1.165) is 17.7 Å². The third-order valence-electron chi connectivity index (χ3n) is 3.38. The van der Waals surface area contributed by atoms with E-state index in [-0.39, 0.29) is 11.9 Å². The van der Waals surface area contributed by atoms with E-state index < -0.39 is 5.41 Å². The van der Waals surface area contributed by atoms with Crippen LogP contribution >= 0.6 is 0 Å². The highest BCUT2D eigenvalue weighted by molar-refractivity contribution is 5.80. The van der Waals surface area contributed by atoms with Crippen molar-refractivity contribution in [3.8, 4) is 5.75 Å². The number of benzene rings is 1. The van der Waals surface area contributed by atoms with Gasteiger partial charge in [0, 0.05) is 18.2 Å². The monoisotopic (exact) mass is 264 g/mol. The Hall–Kier alpha value is -1.55. The van der Waals surface area contributed by atoms with Crippen LogP contribution < -0.4 is 15.8 Å². The van der Waals surface area contributed by atoms with E-state index >= 15 is 0 Å². The number of carbonyl (C=O) groups excluding carboxylic acids is 1. The Morgan fingerprint density at radius 1 is 1.42 bits per heavy atom. The van der Waals surface area contributed by atoms with Crippen LogP contribution in [0.1, 0.15) is 38.8 Å². The smallest absolute Gasteiger partial charge is 0.224 e. The first-order valence-electron chi connectivity index (χ1n) is 6.58. The number of rotatable bonds is 7. The number of nitrogens with two attached hydrogens (primary N) is 1. The Balaban J connectivity index is 2.82. The van der Waals surface area contributed by atoms with E-state index in [2.05, 4.69) is 12.2 Å². The fourth-order valence-electron chi connectivity index (χ4n) is 1.89. The zero-order valence-electron chi connectivity index (χ0n) is 12.2. The molecule has 0 radical (unpaired) electrons. The second kappa shape index (κ2) is 6.57. The van der Waals surface area contributed by atoms with Crippen molar-refractivity contribution in [3.05, 3.63) is 29.8 Å². The highest BCUT2D eigenvalue weighted by Gasteiger charge is 2.26. The summed E-state index contributed by atoms with van der Waals surface area (Å²) in [7, 11) is 1.67. The standard InChI is InChI=1S/C15H24N2O2/c1-5-12(17-10-15(2,3)14(16)18)11-8-6-7-9-13(11)19-4/h6-9,12,17H,5,10H2,1-4H3,(H2,16,18). The van der Waals surface area contributed by atoms with Crippen LogP contribution in [0.3, 0.4) is 0 Å². The second-order valence-corrected chi connectivity index (χ2v) is 5.33. The van der Waals surface area contributed by atoms with Crippen LogP contribution in [0.2, 0.25) is 0 Å². The van der Waals surface area contributed by atoms with Crippen LogP contribution in [-0.2, 0) is 4.79 Å². The van der Waals surface area contributed by atoms with Gasteiger partial charge in [0.25, 0.3) is 0 Å². The number of hydrogen-bond donors (Lipinski definition) is 2. The van der Waals surface area contributed by atoms with Gasteiger partial charge in [0.2, 0.25) is 5.91 Å². The molecule has 0 aromatic heterocycles. The predicted octanol–water partition coefficient (Wildman–Crippen LogP) is 2.25. The van der Waals surface area contributed by atoms with Crippen molar-refractivity contribution in [2.45, 2.75) is 33.2 Å². The molecule has 0 heterocycles. The number of methoxy groups -OCH3 is 1. The Labute approximate surface area is 115 Å². The summed E-state index contributed by atoms with van der Waals surface area (Å²) in [6, 6.07) is 8.06. The van der Waals surface area contributed by atoms with Crippen molar-refractivity contribution >= 4 is 5.91 Å². The number of carbonyl (C=O) groups is 1. The Morgan fingerprint density at radius 2 is 2.05 bits per heavy atom. The summed E-state index contributed by atoms with van der Waals surface area (Å²) in [5.41, 5.74) is 5.93. The third kappa shape index (κ3) is 3.96. The first-order chi connectivity index (χ1) is 8.92. The molecule has 1 aromatic carbocycles.